The fraction of sp³-hybridized carbons (Fsp3) is 0.625. The average Bonchev–Trinajstić information content (AvgIpc) is 2.26. The van der Waals surface area contributed by atoms with E-state index in [1.165, 1.54) is 0 Å². The lowest BCUT2D eigenvalue weighted by atomic mass is 10.2. The number of halogens is 2. The minimum Gasteiger partial charge on any atom is -0.412 e. The monoisotopic (exact) mass is 332 g/mol. The van der Waals surface area contributed by atoms with Gasteiger partial charge >= 0.3 is 0 Å². The predicted octanol–water partition coefficient (Wildman–Crippen LogP) is 6.69. The largest absolute Gasteiger partial charge is 0.412 e. The van der Waals surface area contributed by atoms with Crippen LogP contribution >= 0.6 is 23.2 Å². The second kappa shape index (κ2) is 7.30. The molecule has 0 saturated carbocycles. The quantitative estimate of drug-likeness (QED) is 0.527. The van der Waals surface area contributed by atoms with E-state index < -0.39 is 8.32 Å². The van der Waals surface area contributed by atoms with Crippen LogP contribution < -0.4 is 0 Å². The number of hydrogen-bond donors (Lipinski definition) is 0. The van der Waals surface area contributed by atoms with Gasteiger partial charge in [0.05, 0.1) is 6.61 Å². The molecule has 1 aromatic carbocycles. The molecular formula is C16H26Cl2OSi. The molecule has 0 aliphatic heterocycles. The summed E-state index contributed by atoms with van der Waals surface area (Å²) in [6.07, 6.45) is 0. The Balaban J connectivity index is 2.97. The Morgan fingerprint density at radius 2 is 1.25 bits per heavy atom. The Labute approximate surface area is 134 Å². The summed E-state index contributed by atoms with van der Waals surface area (Å²) in [6, 6.07) is 5.63. The maximum absolute atomic E-state index is 6.53. The van der Waals surface area contributed by atoms with Crippen molar-refractivity contribution in [2.75, 3.05) is 0 Å². The highest BCUT2D eigenvalue weighted by molar-refractivity contribution is 6.77. The zero-order valence-corrected chi connectivity index (χ0v) is 15.8. The van der Waals surface area contributed by atoms with Gasteiger partial charge in [0.25, 0.3) is 0 Å². The Morgan fingerprint density at radius 3 is 1.60 bits per heavy atom. The van der Waals surface area contributed by atoms with E-state index in [0.717, 1.165) is 5.56 Å². The summed E-state index contributed by atoms with van der Waals surface area (Å²) in [5, 5.41) is 1.34. The Bertz CT molecular complexity index is 402. The van der Waals surface area contributed by atoms with Crippen molar-refractivity contribution in [1.29, 1.82) is 0 Å². The SMILES string of the molecule is CC(C)[Si](OCc1cc(Cl)cc(Cl)c1)(C(C)C)C(C)C. The Hall–Kier alpha value is -0.0231. The smallest absolute Gasteiger partial charge is 0.200 e. The van der Waals surface area contributed by atoms with Crippen LogP contribution in [0.15, 0.2) is 18.2 Å². The third-order valence-electron chi connectivity index (χ3n) is 4.12. The van der Waals surface area contributed by atoms with Crippen molar-refractivity contribution in [1.82, 2.24) is 0 Å². The van der Waals surface area contributed by atoms with Gasteiger partial charge in [0.2, 0.25) is 8.32 Å². The lowest BCUT2D eigenvalue weighted by Crippen LogP contribution is -2.47. The molecule has 0 aromatic heterocycles. The van der Waals surface area contributed by atoms with Gasteiger partial charge < -0.3 is 4.43 Å². The highest BCUT2D eigenvalue weighted by atomic mass is 35.5. The summed E-state index contributed by atoms with van der Waals surface area (Å²) >= 11 is 12.1. The molecule has 0 saturated heterocycles. The minimum atomic E-state index is -1.83. The first-order chi connectivity index (χ1) is 9.20. The van der Waals surface area contributed by atoms with Crippen molar-refractivity contribution in [2.24, 2.45) is 0 Å². The van der Waals surface area contributed by atoms with Gasteiger partial charge in [-0.05, 0) is 40.4 Å². The van der Waals surface area contributed by atoms with Crippen molar-refractivity contribution in [3.8, 4) is 0 Å². The van der Waals surface area contributed by atoms with E-state index in [4.69, 9.17) is 27.6 Å². The first-order valence-corrected chi connectivity index (χ1v) is 10.2. The normalized spacial score (nSPS) is 12.8. The summed E-state index contributed by atoms with van der Waals surface area (Å²) < 4.78 is 6.53. The van der Waals surface area contributed by atoms with E-state index >= 15 is 0 Å². The van der Waals surface area contributed by atoms with Crippen LogP contribution in [0.1, 0.15) is 47.1 Å². The van der Waals surface area contributed by atoms with E-state index in [1.54, 1.807) is 6.07 Å². The number of rotatable bonds is 6. The summed E-state index contributed by atoms with van der Waals surface area (Å²) in [7, 11) is -1.83. The molecule has 0 N–H and O–H groups in total. The van der Waals surface area contributed by atoms with Crippen molar-refractivity contribution in [3.63, 3.8) is 0 Å². The van der Waals surface area contributed by atoms with Gasteiger partial charge in [0.1, 0.15) is 0 Å². The van der Waals surface area contributed by atoms with Gasteiger partial charge in [-0.1, -0.05) is 64.7 Å². The van der Waals surface area contributed by atoms with Gasteiger partial charge in [-0.2, -0.15) is 0 Å². The van der Waals surface area contributed by atoms with Crippen LogP contribution in [0.2, 0.25) is 26.7 Å². The molecule has 114 valence electrons. The van der Waals surface area contributed by atoms with Crippen LogP contribution in [0.3, 0.4) is 0 Å². The zero-order chi connectivity index (χ0) is 15.5. The molecule has 0 radical (unpaired) electrons. The maximum atomic E-state index is 6.53. The summed E-state index contributed by atoms with van der Waals surface area (Å²) in [4.78, 5) is 0. The van der Waals surface area contributed by atoms with Crippen LogP contribution in [0, 0.1) is 0 Å². The topological polar surface area (TPSA) is 9.23 Å². The lowest BCUT2D eigenvalue weighted by Gasteiger charge is -2.42. The van der Waals surface area contributed by atoms with Crippen LogP contribution in [-0.4, -0.2) is 8.32 Å². The molecule has 0 fully saturated rings. The molecule has 20 heavy (non-hydrogen) atoms. The molecule has 1 aromatic rings. The second-order valence-electron chi connectivity index (χ2n) is 6.38. The standard InChI is InChI=1S/C16H26Cl2OSi/c1-11(2)20(12(3)4,13(5)6)19-10-14-7-15(17)9-16(18)8-14/h7-9,11-13H,10H2,1-6H3. The second-order valence-corrected chi connectivity index (χ2v) is 12.7. The molecule has 0 unspecified atom stereocenters. The molecular weight excluding hydrogens is 307 g/mol. The van der Waals surface area contributed by atoms with Gasteiger partial charge in [-0.25, -0.2) is 0 Å². The number of benzene rings is 1. The molecule has 0 aliphatic rings. The van der Waals surface area contributed by atoms with Crippen LogP contribution in [0.4, 0.5) is 0 Å². The summed E-state index contributed by atoms with van der Waals surface area (Å²) in [5.74, 6) is 0. The van der Waals surface area contributed by atoms with Gasteiger partial charge in [0.15, 0.2) is 0 Å². The van der Waals surface area contributed by atoms with Gasteiger partial charge in [-0.15, -0.1) is 0 Å². The van der Waals surface area contributed by atoms with Crippen molar-refractivity contribution in [3.05, 3.63) is 33.8 Å². The zero-order valence-electron chi connectivity index (χ0n) is 13.3. The molecule has 1 rings (SSSR count). The van der Waals surface area contributed by atoms with Crippen molar-refractivity contribution >= 4 is 31.5 Å². The van der Waals surface area contributed by atoms with E-state index in [0.29, 0.717) is 33.3 Å². The highest BCUT2D eigenvalue weighted by Crippen LogP contribution is 2.42. The lowest BCUT2D eigenvalue weighted by molar-refractivity contribution is 0.266. The summed E-state index contributed by atoms with van der Waals surface area (Å²) in [5.41, 5.74) is 2.80. The first kappa shape index (κ1) is 18.0. The minimum absolute atomic E-state index is 0.581. The van der Waals surface area contributed by atoms with E-state index in [2.05, 4.69) is 41.5 Å². The van der Waals surface area contributed by atoms with Crippen LogP contribution in [0.25, 0.3) is 0 Å². The van der Waals surface area contributed by atoms with E-state index in [9.17, 15) is 0 Å². The third-order valence-corrected chi connectivity index (χ3v) is 10.6. The van der Waals surface area contributed by atoms with Crippen molar-refractivity contribution < 1.29 is 4.43 Å². The third kappa shape index (κ3) is 4.00. The molecule has 0 spiro atoms. The highest BCUT2D eigenvalue weighted by Gasteiger charge is 2.44. The first-order valence-electron chi connectivity index (χ1n) is 7.29. The van der Waals surface area contributed by atoms with Crippen LogP contribution in [0.5, 0.6) is 0 Å². The predicted molar refractivity (Wildman–Crippen MR) is 92.3 cm³/mol. The fourth-order valence-corrected chi connectivity index (χ4v) is 9.39. The Morgan fingerprint density at radius 1 is 0.850 bits per heavy atom. The van der Waals surface area contributed by atoms with Crippen LogP contribution in [-0.2, 0) is 11.0 Å². The molecule has 0 amide bonds. The van der Waals surface area contributed by atoms with Gasteiger partial charge in [-0.3, -0.25) is 0 Å². The number of hydrogen-bond acceptors (Lipinski definition) is 1. The molecule has 1 nitrogen and oxygen atoms in total. The maximum Gasteiger partial charge on any atom is 0.200 e. The Kier molecular flexibility index (Phi) is 6.58. The molecule has 4 heteroatoms. The molecule has 0 aliphatic carbocycles. The summed E-state index contributed by atoms with van der Waals surface area (Å²) in [6.45, 7) is 14.3. The molecule has 0 atom stereocenters. The van der Waals surface area contributed by atoms with E-state index in [1.807, 2.05) is 12.1 Å². The van der Waals surface area contributed by atoms with Crippen molar-refractivity contribution in [2.45, 2.75) is 64.8 Å². The van der Waals surface area contributed by atoms with E-state index in [-0.39, 0.29) is 0 Å². The molecule has 0 heterocycles. The molecule has 0 bridgehead atoms. The van der Waals surface area contributed by atoms with Gasteiger partial charge in [0, 0.05) is 10.0 Å². The average molecular weight is 333 g/mol. The fourth-order valence-electron chi connectivity index (χ4n) is 3.40.